The zero-order valence-electron chi connectivity index (χ0n) is 25.6. The van der Waals surface area contributed by atoms with Crippen molar-refractivity contribution in [1.82, 2.24) is 19.9 Å². The van der Waals surface area contributed by atoms with Crippen molar-refractivity contribution in [2.75, 3.05) is 25.0 Å². The summed E-state index contributed by atoms with van der Waals surface area (Å²) in [6.07, 6.45) is 0.407. The Morgan fingerprint density at radius 1 is 1.15 bits per heavy atom. The van der Waals surface area contributed by atoms with Crippen LogP contribution in [0.15, 0.2) is 18.2 Å². The minimum atomic E-state index is -1.09. The summed E-state index contributed by atoms with van der Waals surface area (Å²) >= 11 is 0. The Balaban J connectivity index is 0.000000759. The fourth-order valence-electron chi connectivity index (χ4n) is 3.89. The number of benzene rings is 1. The first-order chi connectivity index (χ1) is 19.0. The number of amides is 1. The van der Waals surface area contributed by atoms with Gasteiger partial charge in [-0.25, -0.2) is 13.9 Å². The smallest absolute Gasteiger partial charge is 0.307 e. The second-order valence-corrected chi connectivity index (χ2v) is 11.7. The summed E-state index contributed by atoms with van der Waals surface area (Å²) in [5, 5.41) is 28.4. The van der Waals surface area contributed by atoms with Gasteiger partial charge < -0.3 is 25.6 Å². The van der Waals surface area contributed by atoms with Crippen LogP contribution in [0.1, 0.15) is 83.6 Å². The van der Waals surface area contributed by atoms with Crippen LogP contribution in [0.4, 0.5) is 10.1 Å². The molecule has 0 bridgehead atoms. The van der Waals surface area contributed by atoms with Crippen LogP contribution in [-0.4, -0.2) is 62.0 Å². The zero-order chi connectivity index (χ0) is 31.1. The van der Waals surface area contributed by atoms with Crippen LogP contribution in [-0.2, 0) is 11.2 Å². The van der Waals surface area contributed by atoms with E-state index < -0.39 is 17.4 Å². The van der Waals surface area contributed by atoms with Crippen LogP contribution in [0.3, 0.4) is 0 Å². The normalized spacial score (nSPS) is 12.6. The summed E-state index contributed by atoms with van der Waals surface area (Å²) in [6.45, 7) is 18.6. The highest BCUT2D eigenvalue weighted by molar-refractivity contribution is 5.93. The minimum Gasteiger partial charge on any atom is -0.489 e. The van der Waals surface area contributed by atoms with Crippen molar-refractivity contribution in [2.24, 2.45) is 5.41 Å². The molecular weight excluding hydrogens is 529 g/mol. The van der Waals surface area contributed by atoms with E-state index in [1.807, 2.05) is 13.8 Å². The maximum absolute atomic E-state index is 15.3. The molecule has 1 aliphatic rings. The Labute approximate surface area is 241 Å². The number of ether oxygens (including phenoxy) is 1. The molecule has 0 radical (unpaired) electrons. The predicted octanol–water partition coefficient (Wildman–Crippen LogP) is 5.24. The fraction of sp³-hybridized carbons (Fsp3) is 0.533. The monoisotopic (exact) mass is 573 g/mol. The molecule has 4 N–H and O–H groups in total. The SMILES string of the molecule is CC.CC(C)(C)O.Cc1nc2cc(C(=O)NCCC(C)(C)C)nn2c(-c2cc3c(cc2F)OCCN3)c1CC(=O)O. The van der Waals surface area contributed by atoms with E-state index in [1.165, 1.54) is 16.6 Å². The van der Waals surface area contributed by atoms with E-state index in [4.69, 9.17) is 9.84 Å². The molecule has 11 heteroatoms. The van der Waals surface area contributed by atoms with Gasteiger partial charge in [-0.2, -0.15) is 5.10 Å². The van der Waals surface area contributed by atoms with Crippen molar-refractivity contribution >= 4 is 23.2 Å². The second-order valence-electron chi connectivity index (χ2n) is 11.7. The molecule has 3 heterocycles. The van der Waals surface area contributed by atoms with Crippen LogP contribution >= 0.6 is 0 Å². The molecule has 10 nitrogen and oxygen atoms in total. The lowest BCUT2D eigenvalue weighted by Crippen LogP contribution is -2.27. The number of hydrogen-bond acceptors (Lipinski definition) is 7. The van der Waals surface area contributed by atoms with E-state index in [-0.39, 0.29) is 34.7 Å². The summed E-state index contributed by atoms with van der Waals surface area (Å²) in [6, 6.07) is 4.37. The van der Waals surface area contributed by atoms with Crippen molar-refractivity contribution in [2.45, 2.75) is 80.8 Å². The van der Waals surface area contributed by atoms with Gasteiger partial charge in [0.15, 0.2) is 11.3 Å². The van der Waals surface area contributed by atoms with Crippen LogP contribution in [0.5, 0.6) is 5.75 Å². The first-order valence-electron chi connectivity index (χ1n) is 13.9. The number of hydrogen-bond donors (Lipinski definition) is 4. The summed E-state index contributed by atoms with van der Waals surface area (Å²) < 4.78 is 22.1. The lowest BCUT2D eigenvalue weighted by Gasteiger charge is -2.21. The van der Waals surface area contributed by atoms with Gasteiger partial charge in [-0.1, -0.05) is 34.6 Å². The van der Waals surface area contributed by atoms with Gasteiger partial charge in [0.05, 0.1) is 23.4 Å². The van der Waals surface area contributed by atoms with Crippen molar-refractivity contribution in [3.8, 4) is 17.0 Å². The van der Waals surface area contributed by atoms with E-state index in [2.05, 4.69) is 41.5 Å². The third kappa shape index (κ3) is 9.70. The highest BCUT2D eigenvalue weighted by atomic mass is 19.1. The molecule has 3 aromatic rings. The van der Waals surface area contributed by atoms with Crippen LogP contribution < -0.4 is 15.4 Å². The minimum absolute atomic E-state index is 0.0610. The molecule has 1 aliphatic heterocycles. The molecular formula is C30H44FN5O5. The molecule has 4 rings (SSSR count). The number of aromatic nitrogens is 3. The highest BCUT2D eigenvalue weighted by Crippen LogP contribution is 2.37. The van der Waals surface area contributed by atoms with Gasteiger partial charge in [-0.05, 0) is 45.6 Å². The molecule has 1 aromatic carbocycles. The van der Waals surface area contributed by atoms with Crippen molar-refractivity contribution in [3.63, 3.8) is 0 Å². The molecule has 0 saturated heterocycles. The van der Waals surface area contributed by atoms with Crippen LogP contribution in [0.2, 0.25) is 0 Å². The lowest BCUT2D eigenvalue weighted by atomic mass is 9.92. The summed E-state index contributed by atoms with van der Waals surface area (Å²) in [5.74, 6) is -1.67. The standard InChI is InChI=1S/C24H28FN5O4.C4H10O.C2H6/c1-13-14(10-21(31)32)22(15-9-17-19(11-16(15)25)34-8-7-26-17)30-20(28-13)12-18(29-30)23(33)27-6-5-24(2,3)4;1-4(2,3)5;1-2/h9,11-12,26H,5-8,10H2,1-4H3,(H,27,33)(H,31,32);5H,1-3H3;1-2H3. The molecule has 41 heavy (non-hydrogen) atoms. The Bertz CT molecular complexity index is 1370. The number of anilines is 1. The van der Waals surface area contributed by atoms with E-state index in [0.717, 1.165) is 6.42 Å². The van der Waals surface area contributed by atoms with Crippen molar-refractivity contribution in [3.05, 3.63) is 41.0 Å². The predicted molar refractivity (Wildman–Crippen MR) is 158 cm³/mol. The third-order valence-electron chi connectivity index (χ3n) is 5.63. The van der Waals surface area contributed by atoms with Gasteiger partial charge >= 0.3 is 5.97 Å². The fourth-order valence-corrected chi connectivity index (χ4v) is 3.89. The first kappa shape index (κ1) is 33.5. The quantitative estimate of drug-likeness (QED) is 0.314. The topological polar surface area (TPSA) is 138 Å². The largest absolute Gasteiger partial charge is 0.489 e. The average Bonchev–Trinajstić information content (AvgIpc) is 3.27. The van der Waals surface area contributed by atoms with Gasteiger partial charge in [0, 0.05) is 42.0 Å². The van der Waals surface area contributed by atoms with Gasteiger partial charge in [0.2, 0.25) is 0 Å². The average molecular weight is 574 g/mol. The van der Waals surface area contributed by atoms with Gasteiger partial charge in [0.25, 0.3) is 5.91 Å². The lowest BCUT2D eigenvalue weighted by molar-refractivity contribution is -0.136. The first-order valence-corrected chi connectivity index (χ1v) is 13.9. The number of carboxylic acid groups (broad SMARTS) is 1. The summed E-state index contributed by atoms with van der Waals surface area (Å²) in [7, 11) is 0. The number of carboxylic acids is 1. The molecule has 0 saturated carbocycles. The van der Waals surface area contributed by atoms with Crippen molar-refractivity contribution < 1.29 is 28.9 Å². The van der Waals surface area contributed by atoms with E-state index in [1.54, 1.807) is 33.8 Å². The number of fused-ring (bicyclic) bond motifs is 2. The van der Waals surface area contributed by atoms with Crippen LogP contribution in [0, 0.1) is 18.2 Å². The van der Waals surface area contributed by atoms with E-state index in [9.17, 15) is 14.7 Å². The molecule has 2 aromatic heterocycles. The maximum Gasteiger partial charge on any atom is 0.307 e. The van der Waals surface area contributed by atoms with E-state index in [0.29, 0.717) is 48.0 Å². The Kier molecular flexibility index (Phi) is 11.2. The number of aryl methyl sites for hydroxylation is 1. The number of nitrogens with zero attached hydrogens (tertiary/aromatic N) is 3. The van der Waals surface area contributed by atoms with Crippen LogP contribution in [0.25, 0.3) is 16.9 Å². The second kappa shape index (κ2) is 13.8. The van der Waals surface area contributed by atoms with E-state index >= 15 is 4.39 Å². The molecule has 0 atom stereocenters. The summed E-state index contributed by atoms with van der Waals surface area (Å²) in [4.78, 5) is 28.8. The number of aliphatic carboxylic acids is 1. The molecule has 226 valence electrons. The van der Waals surface area contributed by atoms with Gasteiger partial charge in [-0.3, -0.25) is 9.59 Å². The maximum atomic E-state index is 15.3. The Morgan fingerprint density at radius 3 is 2.37 bits per heavy atom. The summed E-state index contributed by atoms with van der Waals surface area (Å²) in [5.41, 5.74) is 1.73. The van der Waals surface area contributed by atoms with Gasteiger partial charge in [-0.15, -0.1) is 0 Å². The molecule has 0 fully saturated rings. The number of aliphatic hydroxyl groups is 1. The number of nitrogens with one attached hydrogen (secondary N) is 2. The Hall–Kier alpha value is -3.73. The molecule has 0 unspecified atom stereocenters. The zero-order valence-corrected chi connectivity index (χ0v) is 25.6. The molecule has 1 amide bonds. The number of carbonyl (C=O) groups excluding carboxylic acids is 1. The molecule has 0 spiro atoms. The van der Waals surface area contributed by atoms with Gasteiger partial charge in [0.1, 0.15) is 18.2 Å². The molecule has 0 aliphatic carbocycles. The number of carbonyl (C=O) groups is 2. The van der Waals surface area contributed by atoms with Crippen molar-refractivity contribution in [1.29, 1.82) is 0 Å². The number of halogens is 1. The highest BCUT2D eigenvalue weighted by Gasteiger charge is 2.25. The Morgan fingerprint density at radius 2 is 1.78 bits per heavy atom. The number of rotatable bonds is 6. The third-order valence-corrected chi connectivity index (χ3v) is 5.63.